The van der Waals surface area contributed by atoms with Crippen molar-refractivity contribution in [2.24, 2.45) is 9.98 Å². The Labute approximate surface area is 188 Å². The summed E-state index contributed by atoms with van der Waals surface area (Å²) in [6.07, 6.45) is 9.17. The van der Waals surface area contributed by atoms with Crippen molar-refractivity contribution in [3.63, 3.8) is 0 Å². The van der Waals surface area contributed by atoms with Crippen LogP contribution in [0.2, 0.25) is 0 Å². The quantitative estimate of drug-likeness (QED) is 0.476. The lowest BCUT2D eigenvalue weighted by Gasteiger charge is -2.45. The molecular formula is C26H52N4. The Morgan fingerprint density at radius 2 is 0.833 bits per heavy atom. The van der Waals surface area contributed by atoms with Crippen molar-refractivity contribution in [2.45, 2.75) is 143 Å². The van der Waals surface area contributed by atoms with Crippen LogP contribution in [-0.2, 0) is 0 Å². The molecule has 1 aliphatic carbocycles. The average Bonchev–Trinajstić information content (AvgIpc) is 2.51. The van der Waals surface area contributed by atoms with Gasteiger partial charge in [0.2, 0.25) is 0 Å². The lowest BCUT2D eigenvalue weighted by Crippen LogP contribution is -2.53. The Bertz CT molecular complexity index is 484. The molecule has 0 saturated heterocycles. The standard InChI is InChI=1S/C26H52N4/c1-23(2,3)29(24(4,5)6)19-17-27-21-15-13-14-16-22(21)28-18-20-30(25(7,8)9)26(10,11)12/h17-18,21-22H,13-16,19-20H2,1-12H3/t21-,22-/m1/s1. The zero-order chi connectivity index (χ0) is 23.4. The molecule has 0 radical (unpaired) electrons. The third kappa shape index (κ3) is 8.78. The molecule has 4 heteroatoms. The van der Waals surface area contributed by atoms with Crippen LogP contribution in [0.4, 0.5) is 0 Å². The van der Waals surface area contributed by atoms with Gasteiger partial charge in [0.15, 0.2) is 0 Å². The molecule has 1 saturated carbocycles. The van der Waals surface area contributed by atoms with Crippen molar-refractivity contribution in [2.75, 3.05) is 13.1 Å². The van der Waals surface area contributed by atoms with Crippen LogP contribution in [0, 0.1) is 0 Å². The number of hydrogen-bond donors (Lipinski definition) is 0. The van der Waals surface area contributed by atoms with E-state index < -0.39 is 0 Å². The summed E-state index contributed by atoms with van der Waals surface area (Å²) in [5.41, 5.74) is 0.491. The van der Waals surface area contributed by atoms with Crippen LogP contribution in [0.25, 0.3) is 0 Å². The smallest absolute Gasteiger partial charge is 0.0719 e. The molecule has 0 aromatic rings. The molecule has 0 heterocycles. The van der Waals surface area contributed by atoms with Gasteiger partial charge in [-0.25, -0.2) is 0 Å². The second-order valence-corrected chi connectivity index (χ2v) is 13.0. The molecule has 0 aliphatic heterocycles. The van der Waals surface area contributed by atoms with E-state index in [0.29, 0.717) is 12.1 Å². The van der Waals surface area contributed by atoms with Gasteiger partial charge in [0.1, 0.15) is 0 Å². The Balaban J connectivity index is 2.83. The van der Waals surface area contributed by atoms with E-state index in [4.69, 9.17) is 9.98 Å². The molecule has 4 nitrogen and oxygen atoms in total. The highest BCUT2D eigenvalue weighted by Crippen LogP contribution is 2.27. The van der Waals surface area contributed by atoms with Gasteiger partial charge in [-0.1, -0.05) is 12.8 Å². The molecule has 2 atom stereocenters. The number of aliphatic imine (C=N–C) groups is 2. The Morgan fingerprint density at radius 3 is 1.07 bits per heavy atom. The number of hydrogen-bond acceptors (Lipinski definition) is 4. The zero-order valence-corrected chi connectivity index (χ0v) is 22.3. The molecule has 0 aromatic heterocycles. The van der Waals surface area contributed by atoms with Gasteiger partial charge >= 0.3 is 0 Å². The first-order valence-corrected chi connectivity index (χ1v) is 12.0. The van der Waals surface area contributed by atoms with Crippen molar-refractivity contribution in [3.05, 3.63) is 0 Å². The minimum absolute atomic E-state index is 0.123. The molecule has 1 aliphatic rings. The summed E-state index contributed by atoms with van der Waals surface area (Å²) in [6.45, 7) is 29.2. The van der Waals surface area contributed by atoms with Gasteiger partial charge < -0.3 is 0 Å². The summed E-state index contributed by atoms with van der Waals surface area (Å²) in [7, 11) is 0. The van der Waals surface area contributed by atoms with Gasteiger partial charge in [-0.3, -0.25) is 19.8 Å². The minimum atomic E-state index is 0.123. The Morgan fingerprint density at radius 1 is 0.567 bits per heavy atom. The molecule has 0 aromatic carbocycles. The topological polar surface area (TPSA) is 31.2 Å². The summed E-state index contributed by atoms with van der Waals surface area (Å²) in [6, 6.07) is 0.657. The van der Waals surface area contributed by atoms with Crippen molar-refractivity contribution >= 4 is 12.4 Å². The fourth-order valence-corrected chi connectivity index (χ4v) is 5.08. The summed E-state index contributed by atoms with van der Waals surface area (Å²) in [5.74, 6) is 0. The molecule has 0 bridgehead atoms. The summed E-state index contributed by atoms with van der Waals surface area (Å²) >= 11 is 0. The summed E-state index contributed by atoms with van der Waals surface area (Å²) < 4.78 is 0. The Kier molecular flexibility index (Phi) is 9.33. The normalized spacial score (nSPS) is 22.7. The third-order valence-corrected chi connectivity index (χ3v) is 6.06. The predicted molar refractivity (Wildman–Crippen MR) is 135 cm³/mol. The van der Waals surface area contributed by atoms with Gasteiger partial charge in [-0.2, -0.15) is 0 Å². The maximum absolute atomic E-state index is 5.03. The molecule has 30 heavy (non-hydrogen) atoms. The highest BCUT2D eigenvalue weighted by atomic mass is 15.2. The highest BCUT2D eigenvalue weighted by Gasteiger charge is 2.32. The fourth-order valence-electron chi connectivity index (χ4n) is 5.08. The lowest BCUT2D eigenvalue weighted by atomic mass is 9.91. The van der Waals surface area contributed by atoms with Crippen LogP contribution in [0.1, 0.15) is 109 Å². The molecular weight excluding hydrogens is 368 g/mol. The van der Waals surface area contributed by atoms with E-state index in [1.807, 2.05) is 0 Å². The average molecular weight is 421 g/mol. The summed E-state index contributed by atoms with van der Waals surface area (Å²) in [4.78, 5) is 15.1. The fraction of sp³-hybridized carbons (Fsp3) is 0.923. The van der Waals surface area contributed by atoms with E-state index in [9.17, 15) is 0 Å². The van der Waals surface area contributed by atoms with Crippen molar-refractivity contribution in [1.82, 2.24) is 9.80 Å². The van der Waals surface area contributed by atoms with E-state index in [1.54, 1.807) is 0 Å². The van der Waals surface area contributed by atoms with E-state index in [0.717, 1.165) is 25.9 Å². The molecule has 1 rings (SSSR count). The first-order chi connectivity index (χ1) is 13.4. The second kappa shape index (κ2) is 10.3. The van der Waals surface area contributed by atoms with Crippen LogP contribution >= 0.6 is 0 Å². The SMILES string of the molecule is CC(C)(C)N(CC=N[C@@H]1CCCC[C@H]1N=CCN(C(C)(C)C)C(C)(C)C)C(C)(C)C. The van der Waals surface area contributed by atoms with E-state index >= 15 is 0 Å². The molecule has 0 amide bonds. The monoisotopic (exact) mass is 420 g/mol. The molecule has 0 unspecified atom stereocenters. The maximum atomic E-state index is 5.03. The molecule has 176 valence electrons. The van der Waals surface area contributed by atoms with Gasteiger partial charge in [-0.05, 0) is 95.9 Å². The second-order valence-electron chi connectivity index (χ2n) is 13.0. The number of nitrogens with zero attached hydrogens (tertiary/aromatic N) is 4. The van der Waals surface area contributed by atoms with Gasteiger partial charge in [-0.15, -0.1) is 0 Å². The van der Waals surface area contributed by atoms with Crippen LogP contribution < -0.4 is 0 Å². The van der Waals surface area contributed by atoms with Crippen molar-refractivity contribution < 1.29 is 0 Å². The predicted octanol–water partition coefficient (Wildman–Crippen LogP) is 6.24. The van der Waals surface area contributed by atoms with Crippen molar-refractivity contribution in [3.8, 4) is 0 Å². The van der Waals surface area contributed by atoms with Gasteiger partial charge in [0, 0.05) is 47.7 Å². The van der Waals surface area contributed by atoms with Crippen LogP contribution in [0.3, 0.4) is 0 Å². The Hall–Kier alpha value is -0.740. The van der Waals surface area contributed by atoms with Gasteiger partial charge in [0.05, 0.1) is 12.1 Å². The highest BCUT2D eigenvalue weighted by molar-refractivity contribution is 5.61. The molecule has 0 N–H and O–H groups in total. The van der Waals surface area contributed by atoms with Crippen molar-refractivity contribution in [1.29, 1.82) is 0 Å². The molecule has 0 spiro atoms. The van der Waals surface area contributed by atoms with Crippen LogP contribution in [-0.4, -0.2) is 69.6 Å². The van der Waals surface area contributed by atoms with Gasteiger partial charge in [0.25, 0.3) is 0 Å². The largest absolute Gasteiger partial charge is 0.291 e. The zero-order valence-electron chi connectivity index (χ0n) is 22.3. The summed E-state index contributed by atoms with van der Waals surface area (Å²) in [5, 5.41) is 0. The van der Waals surface area contributed by atoms with E-state index in [-0.39, 0.29) is 22.2 Å². The minimum Gasteiger partial charge on any atom is -0.291 e. The van der Waals surface area contributed by atoms with E-state index in [2.05, 4.69) is 105 Å². The molecule has 1 fully saturated rings. The van der Waals surface area contributed by atoms with Crippen LogP contribution in [0.15, 0.2) is 9.98 Å². The van der Waals surface area contributed by atoms with E-state index in [1.165, 1.54) is 12.8 Å². The third-order valence-electron chi connectivity index (χ3n) is 6.06. The van der Waals surface area contributed by atoms with Crippen LogP contribution in [0.5, 0.6) is 0 Å². The lowest BCUT2D eigenvalue weighted by molar-refractivity contribution is 0.0571. The first-order valence-electron chi connectivity index (χ1n) is 12.0. The maximum Gasteiger partial charge on any atom is 0.0719 e. The number of rotatable bonds is 6. The first kappa shape index (κ1) is 27.3.